The first-order valence-corrected chi connectivity index (χ1v) is 45.1. The fourth-order valence-corrected chi connectivity index (χ4v) is 15.9. The van der Waals surface area contributed by atoms with Gasteiger partial charge in [0.05, 0.1) is 62.4 Å². The normalized spacial score (nSPS) is 24.4. The van der Waals surface area contributed by atoms with Crippen LogP contribution >= 0.6 is 33.3 Å². The number of aliphatic imine (C=N–C) groups is 1. The fraction of sp³-hybridized carbons (Fsp3) is 0.827. The predicted octanol–water partition coefficient (Wildman–Crippen LogP) is -5.87. The van der Waals surface area contributed by atoms with Crippen molar-refractivity contribution < 1.29 is 94.4 Å². The van der Waals surface area contributed by atoms with Crippen LogP contribution in [-0.4, -0.2) is 352 Å². The smallest absolute Gasteiger partial charge is 0.243 e. The zero-order valence-electron chi connectivity index (χ0n) is 70.6. The van der Waals surface area contributed by atoms with Crippen LogP contribution in [-0.2, 0) is 44.7 Å². The predicted molar refractivity (Wildman–Crippen MR) is 460 cm³/mol. The van der Waals surface area contributed by atoms with Gasteiger partial charge in [0.1, 0.15) is 67.8 Å². The Kier molecular flexibility index (Phi) is 56.1. The topological polar surface area (TPSA) is 650 Å². The first-order valence-electron chi connectivity index (χ1n) is 41.5. The van der Waals surface area contributed by atoms with E-state index in [1.165, 1.54) is 0 Å². The molecule has 2 fully saturated rings. The zero-order valence-corrected chi connectivity index (χ0v) is 73.0. The summed E-state index contributed by atoms with van der Waals surface area (Å²) in [5, 5.41) is 174. The maximum Gasteiger partial charge on any atom is 0.243 e. The summed E-state index contributed by atoms with van der Waals surface area (Å²) in [5.74, 6) is -3.91. The number of amides is 6. The Labute approximate surface area is 716 Å². The molecule has 2 aliphatic heterocycles. The van der Waals surface area contributed by atoms with Crippen LogP contribution in [0, 0.1) is 9.81 Å². The van der Waals surface area contributed by atoms with Gasteiger partial charge < -0.3 is 120 Å². The van der Waals surface area contributed by atoms with E-state index in [4.69, 9.17) is 20.9 Å². The number of aliphatic hydroxyl groups excluding tert-OH is 9. The number of nitrogens with zero attached hydrogens (tertiary/aromatic N) is 4. The number of carbonyl (C=O) groups is 6. The lowest BCUT2D eigenvalue weighted by Gasteiger charge is -2.36. The average Bonchev–Trinajstić information content (AvgIpc) is 0.985. The lowest BCUT2D eigenvalue weighted by molar-refractivity contribution is -0.132. The molecule has 1 aromatic carbocycles. The van der Waals surface area contributed by atoms with Gasteiger partial charge in [0.25, 0.3) is 0 Å². The van der Waals surface area contributed by atoms with E-state index in [1.807, 2.05) is 34.6 Å². The largest absolute Gasteiger partial charge is 0.377 e. The third-order valence-corrected chi connectivity index (χ3v) is 24.0. The molecular weight excluding hydrogens is 1630 g/mol. The molecule has 0 radical (unpaired) electrons. The lowest BCUT2D eigenvalue weighted by atomic mass is 9.97. The maximum absolute atomic E-state index is 14.2. The van der Waals surface area contributed by atoms with Gasteiger partial charge in [-0.3, -0.25) is 75.9 Å². The number of ether oxygens (including phenoxy) is 2. The van der Waals surface area contributed by atoms with Gasteiger partial charge in [0.15, 0.2) is 18.5 Å². The quantitative estimate of drug-likeness (QED) is 0.00721. The lowest BCUT2D eigenvalue weighted by Crippen LogP contribution is -2.64. The Morgan fingerprint density at radius 3 is 1.80 bits per heavy atom. The van der Waals surface area contributed by atoms with Gasteiger partial charge >= 0.3 is 0 Å². The highest BCUT2D eigenvalue weighted by atomic mass is 33.1. The highest BCUT2D eigenvalue weighted by Crippen LogP contribution is 2.26. The second kappa shape index (κ2) is 61.9. The third kappa shape index (κ3) is 47.7. The van der Waals surface area contributed by atoms with Crippen LogP contribution in [0.15, 0.2) is 45.7 Å². The first kappa shape index (κ1) is 109. The molecule has 692 valence electrons. The summed E-state index contributed by atoms with van der Waals surface area (Å²) in [6.45, 7) is 17.3. The van der Waals surface area contributed by atoms with Crippen LogP contribution in [0.5, 0.6) is 0 Å². The van der Waals surface area contributed by atoms with Crippen molar-refractivity contribution in [2.24, 2.45) is 26.8 Å². The number of benzene rings is 1. The molecule has 30 N–H and O–H groups in total. The van der Waals surface area contributed by atoms with Gasteiger partial charge in [0, 0.05) is 132 Å². The number of aliphatic hydroxyl groups is 11. The number of fused-ring (bicyclic) bond motifs is 5. The fourth-order valence-electron chi connectivity index (χ4n) is 12.5. The molecule has 2 aliphatic rings. The molecule has 1 aromatic rings. The van der Waals surface area contributed by atoms with Crippen molar-refractivity contribution in [1.29, 1.82) is 0 Å². The van der Waals surface area contributed by atoms with E-state index in [-0.39, 0.29) is 144 Å². The molecule has 120 heavy (non-hydrogen) atoms. The van der Waals surface area contributed by atoms with Crippen LogP contribution < -0.4 is 91.2 Å². The summed E-state index contributed by atoms with van der Waals surface area (Å²) >= 11 is 0.976. The number of β-amino-alcohol motifs (C(OH)–C–C–N with tert-alkyl or cyclic N) is 1. The number of carbonyl (C=O) groups excluding carboxylic acids is 6. The van der Waals surface area contributed by atoms with Crippen LogP contribution in [0.2, 0.25) is 0 Å². The summed E-state index contributed by atoms with van der Waals surface area (Å²) in [4.78, 5) is 109. The van der Waals surface area contributed by atoms with Gasteiger partial charge in [0.2, 0.25) is 35.4 Å². The number of nitrogens with one attached hydrogen (secondary N) is 15. The van der Waals surface area contributed by atoms with Crippen LogP contribution in [0.4, 0.5) is 0 Å². The van der Waals surface area contributed by atoms with Crippen molar-refractivity contribution in [3.8, 4) is 0 Å². The minimum absolute atomic E-state index is 0.0145. The van der Waals surface area contributed by atoms with Crippen molar-refractivity contribution in [3.63, 3.8) is 0 Å². The third-order valence-electron chi connectivity index (χ3n) is 20.4. The summed E-state index contributed by atoms with van der Waals surface area (Å²) in [7, 11) is 2.15. The summed E-state index contributed by atoms with van der Waals surface area (Å²) in [6.07, 6.45) is -12.2. The number of hydrogen-bond donors (Lipinski definition) is 28. The Balaban J connectivity index is 1.63. The molecule has 2 saturated heterocycles. The highest BCUT2D eigenvalue weighted by molar-refractivity contribution is 8.76. The van der Waals surface area contributed by atoms with Crippen LogP contribution in [0.1, 0.15) is 144 Å². The van der Waals surface area contributed by atoms with Gasteiger partial charge in [-0.1, -0.05) is 94.9 Å². The van der Waals surface area contributed by atoms with E-state index in [0.29, 0.717) is 76.9 Å². The monoisotopic (exact) mass is 1770 g/mol. The molecule has 0 aliphatic carbocycles. The molecular formula is C75H143N21O21S3. The second-order valence-corrected chi connectivity index (χ2v) is 34.7. The minimum atomic E-state index is -2.11. The number of nitroso groups, excluding NO2 is 2. The number of unbranched alkanes of at least 4 members (excludes halogenated alkanes) is 4. The minimum Gasteiger partial charge on any atom is -0.377 e. The van der Waals surface area contributed by atoms with Crippen molar-refractivity contribution in [2.75, 3.05) is 121 Å². The molecule has 42 nitrogen and oxygen atoms in total. The SMILES string of the molecule is CCCCCC(NC(=O)CCCCCN[C@@H](O)[C@@H]1CSCC(=O)N[C@@H](CC(O)O)C(=O)N[C@H]2CSSC[C@H](N[C@H](O)[C@@H](CC(O)O)N[C@@H](O)CN[C@H](O)[C@@H](CCCN=C(N)N)N[C@H]2O)[C@H](O)N[C@H](Cc2ccccc2)[C@@H](O)N1)C(=O)NCCOCCOCCNC(=O)CCC(=O)NCCN(CCNC(C)(C)C(C)N=O)CCNC(C)(C)C(C)N=O. The maximum atomic E-state index is 14.2. The molecule has 0 saturated carbocycles. The van der Waals surface area contributed by atoms with Crippen molar-refractivity contribution in [2.45, 2.75) is 272 Å². The summed E-state index contributed by atoms with van der Waals surface area (Å²) < 4.78 is 11.3. The molecule has 0 aromatic heterocycles. The molecule has 3 rings (SSSR count). The summed E-state index contributed by atoms with van der Waals surface area (Å²) in [5.41, 5.74) is 10.7. The van der Waals surface area contributed by atoms with Gasteiger partial charge in [-0.15, -0.1) is 0 Å². The summed E-state index contributed by atoms with van der Waals surface area (Å²) in [6, 6.07) is -1.48. The standard InChI is InChI=1S/C75H143N21O21S3/c1-8-9-12-20-50(65(106)81-31-36-117-38-37-116-35-30-79-59(98)24-23-58(97)78-27-32-96(33-28-84-74(4,5)47(2)94-114)34-29-85-75(6,7)48(3)95-115)86-60(99)22-15-11-16-25-80-67(108)55-43-118-46-62(101)88-54(41-64(104)105)70(111)92-56-44-119-120-45-57(72(113)90-52(68(109)91-55)39-49-18-13-10-14-19-49)93-69(110)53(40-63(102)103)87-61(100)42-83-66(107)51(89-71(56)112)21-17-26-82-73(76)77/h10,13-14,18-19,47-48,50-57,61,63-64,66-69,71-72,80,83-85,87,89-91,93,100,102-105,107-110,112-113H,8-9,11-12,15-17,20-46H2,1-7H3,(H,78,97)(H,79,98)(H,81,106)(H,86,99)(H,88,101)(H,92,111)(H4,76,77,82)/t47?,48?,50?,51-,52-,53-,54+,55+,56+,57+,61+,66-,67+,68-,69-,71+,72+/m1/s1. The van der Waals surface area contributed by atoms with E-state index in [0.717, 1.165) is 46.2 Å². The van der Waals surface area contributed by atoms with E-state index >= 15 is 0 Å². The van der Waals surface area contributed by atoms with Crippen molar-refractivity contribution in [1.82, 2.24) is 84.7 Å². The Bertz CT molecular complexity index is 3020. The van der Waals surface area contributed by atoms with Crippen molar-refractivity contribution >= 4 is 74.8 Å². The number of nitrogens with two attached hydrogens (primary N) is 2. The second-order valence-electron chi connectivity index (χ2n) is 31.1. The number of thioether (sulfide) groups is 1. The first-order chi connectivity index (χ1) is 57.1. The Morgan fingerprint density at radius 2 is 1.19 bits per heavy atom. The molecule has 2 heterocycles. The highest BCUT2D eigenvalue weighted by Gasteiger charge is 2.37. The van der Waals surface area contributed by atoms with E-state index in [9.17, 15) is 94.8 Å². The van der Waals surface area contributed by atoms with Crippen LogP contribution in [0.25, 0.3) is 0 Å². The van der Waals surface area contributed by atoms with E-state index < -0.39 is 159 Å². The number of rotatable bonds is 51. The van der Waals surface area contributed by atoms with Crippen LogP contribution in [0.3, 0.4) is 0 Å². The molecule has 6 amide bonds. The van der Waals surface area contributed by atoms with Crippen molar-refractivity contribution in [3.05, 3.63) is 45.7 Å². The molecule has 45 heteroatoms. The zero-order chi connectivity index (χ0) is 89.0. The van der Waals surface area contributed by atoms with E-state index in [2.05, 4.69) is 100.0 Å². The van der Waals surface area contributed by atoms with Gasteiger partial charge in [-0.25, -0.2) is 0 Å². The molecule has 3 unspecified atom stereocenters. The Hall–Kier alpha value is -5.36. The number of guanidine groups is 1. The van der Waals surface area contributed by atoms with Gasteiger partial charge in [-0.05, 0) is 92.2 Å². The average molecular weight is 1770 g/mol. The number of hydrogen-bond acceptors (Lipinski definition) is 37. The van der Waals surface area contributed by atoms with E-state index in [1.54, 1.807) is 44.2 Å². The van der Waals surface area contributed by atoms with Gasteiger partial charge in [-0.2, -0.15) is 21.6 Å². The molecule has 2 bridgehead atoms. The Morgan fingerprint density at radius 1 is 0.608 bits per heavy atom. The molecule has 0 spiro atoms. The molecule has 17 atom stereocenters.